The third-order valence-electron chi connectivity index (χ3n) is 4.48. The molecule has 0 unspecified atom stereocenters. The van der Waals surface area contributed by atoms with Crippen molar-refractivity contribution in [2.45, 2.75) is 12.4 Å². The van der Waals surface area contributed by atoms with E-state index in [-0.39, 0.29) is 21.5 Å². The molecule has 2 N–H and O–H groups in total. The van der Waals surface area contributed by atoms with Gasteiger partial charge in [0, 0.05) is 17.3 Å². The van der Waals surface area contributed by atoms with E-state index < -0.39 is 35.2 Å². The quantitative estimate of drug-likeness (QED) is 0.310. The zero-order valence-corrected chi connectivity index (χ0v) is 16.8. The Hall–Kier alpha value is -3.81. The molecule has 0 aliphatic rings. The van der Waals surface area contributed by atoms with Crippen LogP contribution in [0, 0.1) is 4.64 Å². The van der Waals surface area contributed by atoms with E-state index in [1.54, 1.807) is 6.07 Å². The average Bonchev–Trinajstić information content (AvgIpc) is 3.19. The van der Waals surface area contributed by atoms with Gasteiger partial charge in [-0.2, -0.15) is 31.4 Å². The van der Waals surface area contributed by atoms with Crippen LogP contribution in [0.2, 0.25) is 0 Å². The van der Waals surface area contributed by atoms with Crippen LogP contribution in [0.15, 0.2) is 49.1 Å². The number of hydrogen-bond donors (Lipinski definition) is 2. The van der Waals surface area contributed by atoms with Gasteiger partial charge in [0.05, 0.1) is 29.3 Å². The first-order chi connectivity index (χ1) is 15.5. The van der Waals surface area contributed by atoms with E-state index in [0.717, 1.165) is 12.3 Å². The molecule has 4 rings (SSSR count). The summed E-state index contributed by atoms with van der Waals surface area (Å²) in [6.45, 7) is 0. The molecule has 7 nitrogen and oxygen atoms in total. The lowest BCUT2D eigenvalue weighted by atomic mass is 10.2. The second-order valence-electron chi connectivity index (χ2n) is 6.61. The Morgan fingerprint density at radius 2 is 1.82 bits per heavy atom. The van der Waals surface area contributed by atoms with Crippen LogP contribution in [-0.4, -0.2) is 30.6 Å². The Kier molecular flexibility index (Phi) is 5.40. The molecule has 0 aliphatic carbocycles. The third kappa shape index (κ3) is 4.28. The lowest BCUT2D eigenvalue weighted by molar-refractivity contribution is -0.143. The summed E-state index contributed by atoms with van der Waals surface area (Å²) in [7, 11) is 0. The highest BCUT2D eigenvalue weighted by atomic mass is 32.1. The second kappa shape index (κ2) is 7.95. The van der Waals surface area contributed by atoms with Crippen LogP contribution in [-0.2, 0) is 12.4 Å². The van der Waals surface area contributed by atoms with E-state index in [0.29, 0.717) is 22.3 Å². The first-order valence-electron chi connectivity index (χ1n) is 8.93. The van der Waals surface area contributed by atoms with E-state index in [9.17, 15) is 31.1 Å². The fourth-order valence-corrected chi connectivity index (χ4v) is 3.33. The predicted molar refractivity (Wildman–Crippen MR) is 106 cm³/mol. The van der Waals surface area contributed by atoms with E-state index in [1.807, 2.05) is 5.32 Å². The zero-order valence-electron chi connectivity index (χ0n) is 16.0. The number of hydrogen-bond acceptors (Lipinski definition) is 5. The highest BCUT2D eigenvalue weighted by Gasteiger charge is 2.41. The number of fused-ring (bicyclic) bond motifs is 1. The number of carbonyl (C=O) groups excluding carboxylic acids is 1. The maximum atomic E-state index is 14.0. The highest BCUT2D eigenvalue weighted by molar-refractivity contribution is 7.71. The van der Waals surface area contributed by atoms with Gasteiger partial charge >= 0.3 is 12.4 Å². The number of halogens is 6. The van der Waals surface area contributed by atoms with E-state index in [4.69, 9.17) is 12.2 Å². The lowest BCUT2D eigenvalue weighted by Gasteiger charge is -2.14. The maximum Gasteiger partial charge on any atom is 0.434 e. The molecule has 1 aromatic carbocycles. The fourth-order valence-electron chi connectivity index (χ4n) is 3.10. The number of rotatable bonds is 3. The van der Waals surface area contributed by atoms with Crippen LogP contribution in [0.1, 0.15) is 21.7 Å². The summed E-state index contributed by atoms with van der Waals surface area (Å²) in [6, 6.07) is 5.85. The van der Waals surface area contributed by atoms with Crippen molar-refractivity contribution in [1.82, 2.24) is 24.7 Å². The molecule has 0 radical (unpaired) electrons. The monoisotopic (exact) mass is 484 g/mol. The molecule has 3 aromatic heterocycles. The number of nitrogens with one attached hydrogen (secondary N) is 2. The minimum Gasteiger partial charge on any atom is -0.344 e. The van der Waals surface area contributed by atoms with Crippen molar-refractivity contribution < 1.29 is 31.1 Å². The van der Waals surface area contributed by atoms with Crippen LogP contribution in [0.25, 0.3) is 16.6 Å². The number of carbonyl (C=O) groups is 1. The number of amides is 1. The molecule has 0 spiro atoms. The van der Waals surface area contributed by atoms with Crippen molar-refractivity contribution in [3.63, 3.8) is 0 Å². The first-order valence-corrected chi connectivity index (χ1v) is 9.34. The number of para-hydroxylation sites is 1. The Balaban J connectivity index is 1.81. The van der Waals surface area contributed by atoms with Crippen molar-refractivity contribution in [3.8, 4) is 5.69 Å². The molecule has 4 aromatic rings. The molecule has 0 saturated carbocycles. The Bertz CT molecular complexity index is 1420. The molecule has 0 aliphatic heterocycles. The number of H-pyrrole nitrogens is 1. The number of anilines is 1. The van der Waals surface area contributed by atoms with Crippen LogP contribution in [0.5, 0.6) is 0 Å². The van der Waals surface area contributed by atoms with Crippen LogP contribution < -0.4 is 5.32 Å². The number of pyridine rings is 1. The lowest BCUT2D eigenvalue weighted by Crippen LogP contribution is -2.21. The van der Waals surface area contributed by atoms with Gasteiger partial charge in [-0.25, -0.2) is 9.67 Å². The van der Waals surface area contributed by atoms with Gasteiger partial charge in [0.1, 0.15) is 10.3 Å². The molecule has 170 valence electrons. The molecular formula is C19H10F6N6OS. The summed E-state index contributed by atoms with van der Waals surface area (Å²) in [5.41, 5.74) is -3.88. The fraction of sp³-hybridized carbons (Fsp3) is 0.105. The van der Waals surface area contributed by atoms with Crippen molar-refractivity contribution >= 4 is 34.7 Å². The van der Waals surface area contributed by atoms with E-state index >= 15 is 0 Å². The molecule has 0 bridgehead atoms. The Morgan fingerprint density at radius 1 is 1.06 bits per heavy atom. The smallest absolute Gasteiger partial charge is 0.344 e. The van der Waals surface area contributed by atoms with Gasteiger partial charge in [-0.05, 0) is 24.3 Å². The van der Waals surface area contributed by atoms with Gasteiger partial charge in [0.15, 0.2) is 5.69 Å². The summed E-state index contributed by atoms with van der Waals surface area (Å²) >= 11 is 5.09. The molecule has 0 saturated heterocycles. The molecule has 0 fully saturated rings. The normalized spacial score (nSPS) is 12.2. The topological polar surface area (TPSA) is 88.5 Å². The summed E-state index contributed by atoms with van der Waals surface area (Å²) in [4.78, 5) is 22.3. The van der Waals surface area contributed by atoms with Crippen molar-refractivity contribution in [2.24, 2.45) is 0 Å². The molecule has 0 atom stereocenters. The van der Waals surface area contributed by atoms with Gasteiger partial charge in [-0.3, -0.25) is 9.78 Å². The predicted octanol–water partition coefficient (Wildman–Crippen LogP) is 5.16. The molecule has 14 heteroatoms. The Morgan fingerprint density at radius 3 is 2.52 bits per heavy atom. The summed E-state index contributed by atoms with van der Waals surface area (Å²) in [6.07, 6.45) is -7.17. The summed E-state index contributed by atoms with van der Waals surface area (Å²) in [5.74, 6) is -1.30. The third-order valence-corrected chi connectivity index (χ3v) is 4.81. The first kappa shape index (κ1) is 22.4. The van der Waals surface area contributed by atoms with Gasteiger partial charge in [0.2, 0.25) is 0 Å². The maximum absolute atomic E-state index is 14.0. The Labute approximate surface area is 185 Å². The second-order valence-corrected chi connectivity index (χ2v) is 6.99. The number of benzene rings is 1. The van der Waals surface area contributed by atoms with Crippen molar-refractivity contribution in [2.75, 3.05) is 5.32 Å². The molecule has 33 heavy (non-hydrogen) atoms. The van der Waals surface area contributed by atoms with Gasteiger partial charge < -0.3 is 10.3 Å². The van der Waals surface area contributed by atoms with Crippen LogP contribution in [0.3, 0.4) is 0 Å². The number of nitrogens with zero attached hydrogens (tertiary/aromatic N) is 4. The van der Waals surface area contributed by atoms with Gasteiger partial charge in [-0.1, -0.05) is 18.3 Å². The molecule has 3 heterocycles. The highest BCUT2D eigenvalue weighted by Crippen LogP contribution is 2.35. The van der Waals surface area contributed by atoms with Gasteiger partial charge in [0.25, 0.3) is 5.91 Å². The zero-order chi connectivity index (χ0) is 24.0. The SMILES string of the molecule is O=C(Nc1ccnc(C(F)(F)F)c1)c1cnn(-c2cccc3c(=S)nc[nH]c23)c1C(F)(F)F. The van der Waals surface area contributed by atoms with Crippen LogP contribution >= 0.6 is 12.2 Å². The number of alkyl halides is 6. The minimum atomic E-state index is -5.04. The van der Waals surface area contributed by atoms with Crippen molar-refractivity contribution in [3.05, 3.63) is 70.6 Å². The van der Waals surface area contributed by atoms with Crippen molar-refractivity contribution in [1.29, 1.82) is 0 Å². The summed E-state index contributed by atoms with van der Waals surface area (Å²) in [5, 5.41) is 6.11. The van der Waals surface area contributed by atoms with Gasteiger partial charge in [-0.15, -0.1) is 0 Å². The standard InChI is InChI=1S/C19H10F6N6OS/c20-18(21,22)13-6-9(4-5-26-13)30-16(32)11-7-29-31(15(11)19(23,24)25)12-3-1-2-10-14(12)27-8-28-17(10)33/h1-8H,(H,26,30,32)(H,27,28,33). The number of aromatic amines is 1. The molecular weight excluding hydrogens is 474 g/mol. The minimum absolute atomic E-state index is 0.0596. The van der Waals surface area contributed by atoms with Crippen LogP contribution in [0.4, 0.5) is 32.0 Å². The average molecular weight is 484 g/mol. The van der Waals surface area contributed by atoms with E-state index in [1.165, 1.54) is 18.5 Å². The number of aromatic nitrogens is 5. The largest absolute Gasteiger partial charge is 0.434 e. The molecule has 1 amide bonds. The summed E-state index contributed by atoms with van der Waals surface area (Å²) < 4.78 is 81.1. The van der Waals surface area contributed by atoms with E-state index in [2.05, 4.69) is 20.1 Å².